The number of halogens is 2. The molecule has 0 radical (unpaired) electrons. The van der Waals surface area contributed by atoms with E-state index in [4.69, 9.17) is 11.6 Å². The third-order valence-electron chi connectivity index (χ3n) is 3.44. The molecule has 1 aromatic heterocycles. The van der Waals surface area contributed by atoms with Gasteiger partial charge in [0, 0.05) is 31.9 Å². The molecule has 2 aromatic rings. The quantitative estimate of drug-likeness (QED) is 0.442. The minimum Gasteiger partial charge on any atom is -0.351 e. The van der Waals surface area contributed by atoms with Crippen molar-refractivity contribution in [1.29, 1.82) is 0 Å². The monoisotopic (exact) mass is 444 g/mol. The van der Waals surface area contributed by atoms with Gasteiger partial charge in [0.25, 0.3) is 0 Å². The van der Waals surface area contributed by atoms with E-state index < -0.39 is 0 Å². The normalized spacial score (nSPS) is 10.9. The molecule has 6 heteroatoms. The largest absolute Gasteiger partial charge is 0.351 e. The zero-order valence-corrected chi connectivity index (χ0v) is 16.7. The predicted molar refractivity (Wildman–Crippen MR) is 108 cm³/mol. The number of nitrogens with zero attached hydrogens (tertiary/aromatic N) is 3. The van der Waals surface area contributed by atoms with E-state index >= 15 is 0 Å². The SMILES string of the molecule is CN=C(NCc1ncccc1C)N(C)Cc1ccc(Cl)cc1.I. The number of benzene rings is 1. The second-order valence-electron chi connectivity index (χ2n) is 5.15. The van der Waals surface area contributed by atoms with E-state index in [1.54, 1.807) is 7.05 Å². The van der Waals surface area contributed by atoms with Crippen molar-refractivity contribution in [2.75, 3.05) is 14.1 Å². The number of aromatic nitrogens is 1. The van der Waals surface area contributed by atoms with Crippen LogP contribution in [0, 0.1) is 6.92 Å². The Labute approximate surface area is 160 Å². The van der Waals surface area contributed by atoms with Gasteiger partial charge in [-0.2, -0.15) is 0 Å². The van der Waals surface area contributed by atoms with Crippen LogP contribution in [-0.4, -0.2) is 29.9 Å². The van der Waals surface area contributed by atoms with Crippen LogP contribution in [0.3, 0.4) is 0 Å². The van der Waals surface area contributed by atoms with Crippen molar-refractivity contribution >= 4 is 41.5 Å². The standard InChI is InChI=1S/C17H21ClN4.HI/c1-13-5-4-10-20-16(13)11-21-17(19-2)22(3)12-14-6-8-15(18)9-7-14;/h4-10H,11-12H2,1-3H3,(H,19,21);1H. The second kappa shape index (κ2) is 9.72. The molecule has 0 bridgehead atoms. The van der Waals surface area contributed by atoms with Crippen LogP contribution in [0.1, 0.15) is 16.8 Å². The number of aryl methyl sites for hydroxylation is 1. The Hall–Kier alpha value is -1.34. The maximum Gasteiger partial charge on any atom is 0.194 e. The molecular formula is C17H22ClIN4. The van der Waals surface area contributed by atoms with Crippen molar-refractivity contribution in [2.45, 2.75) is 20.0 Å². The molecule has 1 N–H and O–H groups in total. The van der Waals surface area contributed by atoms with Crippen LogP contribution >= 0.6 is 35.6 Å². The van der Waals surface area contributed by atoms with Crippen molar-refractivity contribution in [1.82, 2.24) is 15.2 Å². The van der Waals surface area contributed by atoms with Crippen molar-refractivity contribution in [3.8, 4) is 0 Å². The third kappa shape index (κ3) is 5.99. The van der Waals surface area contributed by atoms with Crippen LogP contribution in [0.25, 0.3) is 0 Å². The minimum atomic E-state index is 0. The fraction of sp³-hybridized carbons (Fsp3) is 0.294. The van der Waals surface area contributed by atoms with Crippen LogP contribution < -0.4 is 5.32 Å². The zero-order valence-electron chi connectivity index (χ0n) is 13.6. The summed E-state index contributed by atoms with van der Waals surface area (Å²) in [7, 11) is 3.79. The van der Waals surface area contributed by atoms with E-state index in [-0.39, 0.29) is 24.0 Å². The fourth-order valence-corrected chi connectivity index (χ4v) is 2.32. The summed E-state index contributed by atoms with van der Waals surface area (Å²) >= 11 is 5.91. The molecule has 23 heavy (non-hydrogen) atoms. The summed E-state index contributed by atoms with van der Waals surface area (Å²) in [6, 6.07) is 11.9. The number of guanidine groups is 1. The molecule has 0 saturated carbocycles. The van der Waals surface area contributed by atoms with E-state index in [0.717, 1.165) is 23.2 Å². The highest BCUT2D eigenvalue weighted by atomic mass is 127. The summed E-state index contributed by atoms with van der Waals surface area (Å²) in [4.78, 5) is 10.8. The summed E-state index contributed by atoms with van der Waals surface area (Å²) in [5.74, 6) is 0.833. The minimum absolute atomic E-state index is 0. The van der Waals surface area contributed by atoms with Crippen LogP contribution in [0.15, 0.2) is 47.6 Å². The Morgan fingerprint density at radius 3 is 2.57 bits per heavy atom. The maximum absolute atomic E-state index is 5.91. The molecule has 0 amide bonds. The van der Waals surface area contributed by atoms with E-state index in [2.05, 4.69) is 33.2 Å². The molecule has 0 spiro atoms. The number of aliphatic imine (C=N–C) groups is 1. The third-order valence-corrected chi connectivity index (χ3v) is 3.69. The van der Waals surface area contributed by atoms with E-state index in [9.17, 15) is 0 Å². The molecule has 4 nitrogen and oxygen atoms in total. The molecular weight excluding hydrogens is 423 g/mol. The van der Waals surface area contributed by atoms with Gasteiger partial charge in [-0.05, 0) is 36.2 Å². The van der Waals surface area contributed by atoms with Gasteiger partial charge in [-0.1, -0.05) is 29.8 Å². The van der Waals surface area contributed by atoms with Gasteiger partial charge in [0.05, 0.1) is 12.2 Å². The predicted octanol–water partition coefficient (Wildman–Crippen LogP) is 3.87. The van der Waals surface area contributed by atoms with Gasteiger partial charge in [-0.3, -0.25) is 9.98 Å². The molecule has 0 fully saturated rings. The molecule has 0 aliphatic carbocycles. The van der Waals surface area contributed by atoms with E-state index in [1.807, 2.05) is 43.6 Å². The Morgan fingerprint density at radius 1 is 1.26 bits per heavy atom. The van der Waals surface area contributed by atoms with Gasteiger partial charge in [-0.15, -0.1) is 24.0 Å². The first-order valence-electron chi connectivity index (χ1n) is 7.17. The average molecular weight is 445 g/mol. The lowest BCUT2D eigenvalue weighted by Crippen LogP contribution is -2.38. The highest BCUT2D eigenvalue weighted by Gasteiger charge is 2.07. The molecule has 0 unspecified atom stereocenters. The summed E-state index contributed by atoms with van der Waals surface area (Å²) in [6.07, 6.45) is 1.81. The van der Waals surface area contributed by atoms with Gasteiger partial charge in [0.2, 0.25) is 0 Å². The number of hydrogen-bond donors (Lipinski definition) is 1. The second-order valence-corrected chi connectivity index (χ2v) is 5.59. The van der Waals surface area contributed by atoms with E-state index in [1.165, 1.54) is 11.1 Å². The molecule has 0 aliphatic rings. The lowest BCUT2D eigenvalue weighted by molar-refractivity contribution is 0.476. The van der Waals surface area contributed by atoms with Crippen LogP contribution in [0.4, 0.5) is 0 Å². The van der Waals surface area contributed by atoms with Crippen molar-refractivity contribution < 1.29 is 0 Å². The Kier molecular flexibility index (Phi) is 8.33. The van der Waals surface area contributed by atoms with Gasteiger partial charge >= 0.3 is 0 Å². The Morgan fingerprint density at radius 2 is 1.96 bits per heavy atom. The molecule has 1 heterocycles. The van der Waals surface area contributed by atoms with Crippen LogP contribution in [0.5, 0.6) is 0 Å². The van der Waals surface area contributed by atoms with Gasteiger partial charge in [0.15, 0.2) is 5.96 Å². The highest BCUT2D eigenvalue weighted by molar-refractivity contribution is 14.0. The van der Waals surface area contributed by atoms with Crippen LogP contribution in [0.2, 0.25) is 5.02 Å². The lowest BCUT2D eigenvalue weighted by atomic mass is 10.2. The summed E-state index contributed by atoms with van der Waals surface area (Å²) in [6.45, 7) is 3.48. The number of hydrogen-bond acceptors (Lipinski definition) is 2. The zero-order chi connectivity index (χ0) is 15.9. The molecule has 1 aromatic carbocycles. The summed E-state index contributed by atoms with van der Waals surface area (Å²) < 4.78 is 0. The highest BCUT2D eigenvalue weighted by Crippen LogP contribution is 2.11. The first kappa shape index (κ1) is 19.7. The van der Waals surface area contributed by atoms with Gasteiger partial charge in [-0.25, -0.2) is 0 Å². The number of pyridine rings is 1. The number of nitrogens with one attached hydrogen (secondary N) is 1. The average Bonchev–Trinajstić information content (AvgIpc) is 2.52. The first-order valence-corrected chi connectivity index (χ1v) is 7.54. The van der Waals surface area contributed by atoms with Gasteiger partial charge < -0.3 is 10.2 Å². The van der Waals surface area contributed by atoms with Crippen molar-refractivity contribution in [3.05, 3.63) is 64.4 Å². The number of rotatable bonds is 4. The molecule has 0 atom stereocenters. The summed E-state index contributed by atoms with van der Waals surface area (Å²) in [5.41, 5.74) is 3.39. The topological polar surface area (TPSA) is 40.5 Å². The molecule has 0 saturated heterocycles. The van der Waals surface area contributed by atoms with E-state index in [0.29, 0.717) is 6.54 Å². The van der Waals surface area contributed by atoms with Gasteiger partial charge in [0.1, 0.15) is 0 Å². The molecule has 2 rings (SSSR count). The van der Waals surface area contributed by atoms with Crippen molar-refractivity contribution in [3.63, 3.8) is 0 Å². The maximum atomic E-state index is 5.91. The molecule has 124 valence electrons. The Balaban J connectivity index is 0.00000264. The molecule has 0 aliphatic heterocycles. The Bertz CT molecular complexity index is 643. The lowest BCUT2D eigenvalue weighted by Gasteiger charge is -2.22. The first-order chi connectivity index (χ1) is 10.6. The fourth-order valence-electron chi connectivity index (χ4n) is 2.19. The summed E-state index contributed by atoms with van der Waals surface area (Å²) in [5, 5.41) is 4.09. The smallest absolute Gasteiger partial charge is 0.194 e. The van der Waals surface area contributed by atoms with Crippen LogP contribution in [-0.2, 0) is 13.1 Å². The van der Waals surface area contributed by atoms with Crippen molar-refractivity contribution in [2.24, 2.45) is 4.99 Å².